The number of nitrogens with one attached hydrogen (secondary N) is 1. The van der Waals surface area contributed by atoms with Gasteiger partial charge in [0.2, 0.25) is 11.8 Å². The molecule has 1 aromatic heterocycles. The molecular weight excluding hydrogens is 268 g/mol. The third-order valence-corrected chi connectivity index (χ3v) is 3.54. The van der Waals surface area contributed by atoms with Gasteiger partial charge in [-0.05, 0) is 12.5 Å². The molecule has 1 atom stereocenters. The van der Waals surface area contributed by atoms with Crippen LogP contribution in [0.25, 0.3) is 0 Å². The van der Waals surface area contributed by atoms with Crippen molar-refractivity contribution in [1.82, 2.24) is 10.2 Å². The lowest BCUT2D eigenvalue weighted by molar-refractivity contribution is 0.112. The van der Waals surface area contributed by atoms with Crippen molar-refractivity contribution in [2.75, 3.05) is 0 Å². The Balaban J connectivity index is 2.19. The highest BCUT2D eigenvalue weighted by atomic mass is 16.5. The topological polar surface area (TPSA) is 105 Å². The number of aldehydes is 1. The fourth-order valence-electron chi connectivity index (χ4n) is 2.50. The number of aryl methyl sites for hydroxylation is 1. The Morgan fingerprint density at radius 3 is 2.76 bits per heavy atom. The van der Waals surface area contributed by atoms with Crippen LogP contribution in [0.3, 0.4) is 0 Å². The molecule has 6 heteroatoms. The molecule has 3 N–H and O–H groups in total. The molecule has 0 aliphatic carbocycles. The number of rotatable bonds is 2. The number of H-pyrrole nitrogens is 1. The van der Waals surface area contributed by atoms with E-state index in [0.717, 1.165) is 23.1 Å². The van der Waals surface area contributed by atoms with Crippen molar-refractivity contribution >= 4 is 6.29 Å². The van der Waals surface area contributed by atoms with Crippen LogP contribution in [0.1, 0.15) is 33.1 Å². The van der Waals surface area contributed by atoms with E-state index in [0.29, 0.717) is 17.0 Å². The van der Waals surface area contributed by atoms with Gasteiger partial charge in [0.25, 0.3) is 0 Å². The first-order chi connectivity index (χ1) is 10.2. The predicted molar refractivity (Wildman–Crippen MR) is 74.5 cm³/mol. The minimum absolute atomic E-state index is 0.0564. The maximum atomic E-state index is 10.8. The van der Waals surface area contributed by atoms with Gasteiger partial charge in [0.1, 0.15) is 17.9 Å². The molecule has 2 heterocycles. The molecule has 0 radical (unpaired) electrons. The van der Waals surface area contributed by atoms with Crippen LogP contribution in [0, 0.1) is 18.3 Å². The van der Waals surface area contributed by atoms with Gasteiger partial charge in [0, 0.05) is 16.8 Å². The summed E-state index contributed by atoms with van der Waals surface area (Å²) in [7, 11) is 0. The van der Waals surface area contributed by atoms with E-state index < -0.39 is 0 Å². The fraction of sp³-hybridized carbons (Fsp3) is 0.133. The second kappa shape index (κ2) is 4.80. The Morgan fingerprint density at radius 2 is 2.14 bits per heavy atom. The molecule has 0 saturated carbocycles. The third kappa shape index (κ3) is 1.96. The van der Waals surface area contributed by atoms with Gasteiger partial charge in [-0.15, -0.1) is 5.10 Å². The SMILES string of the molecule is Cc1[nH]nc2c1C(c1ccc(C=O)cc1)C(C#N)=C(N)O2. The summed E-state index contributed by atoms with van der Waals surface area (Å²) in [6.45, 7) is 1.86. The fourth-order valence-corrected chi connectivity index (χ4v) is 2.50. The molecule has 0 bridgehead atoms. The van der Waals surface area contributed by atoms with Crippen molar-refractivity contribution in [3.05, 3.63) is 58.1 Å². The number of carbonyl (C=O) groups is 1. The smallest absolute Gasteiger partial charge is 0.244 e. The first-order valence-corrected chi connectivity index (χ1v) is 6.33. The summed E-state index contributed by atoms with van der Waals surface area (Å²) in [5.74, 6) is 0.0904. The van der Waals surface area contributed by atoms with Gasteiger partial charge in [0.05, 0.1) is 5.92 Å². The van der Waals surface area contributed by atoms with Crippen LogP contribution in [0.5, 0.6) is 5.88 Å². The van der Waals surface area contributed by atoms with Crippen LogP contribution in [0.15, 0.2) is 35.7 Å². The number of ether oxygens (including phenoxy) is 1. The van der Waals surface area contributed by atoms with Gasteiger partial charge < -0.3 is 10.5 Å². The summed E-state index contributed by atoms with van der Waals surface area (Å²) in [5, 5.41) is 16.3. The highest BCUT2D eigenvalue weighted by molar-refractivity contribution is 5.74. The van der Waals surface area contributed by atoms with Crippen LogP contribution < -0.4 is 10.5 Å². The molecule has 1 aliphatic rings. The average molecular weight is 280 g/mol. The van der Waals surface area contributed by atoms with Gasteiger partial charge in [-0.1, -0.05) is 24.3 Å². The second-order valence-electron chi connectivity index (χ2n) is 4.78. The van der Waals surface area contributed by atoms with Crippen molar-refractivity contribution in [1.29, 1.82) is 5.26 Å². The quantitative estimate of drug-likeness (QED) is 0.815. The molecule has 1 aliphatic heterocycles. The first-order valence-electron chi connectivity index (χ1n) is 6.33. The number of carbonyl (C=O) groups excluding carboxylic acids is 1. The van der Waals surface area contributed by atoms with Crippen LogP contribution in [-0.2, 0) is 0 Å². The Bertz CT molecular complexity index is 781. The van der Waals surface area contributed by atoms with Gasteiger partial charge in [-0.2, -0.15) is 5.26 Å². The van der Waals surface area contributed by atoms with Crippen LogP contribution >= 0.6 is 0 Å². The van der Waals surface area contributed by atoms with E-state index in [9.17, 15) is 10.1 Å². The molecule has 1 unspecified atom stereocenters. The van der Waals surface area contributed by atoms with Crippen molar-refractivity contribution < 1.29 is 9.53 Å². The number of nitrogens with two attached hydrogens (primary N) is 1. The maximum Gasteiger partial charge on any atom is 0.244 e. The minimum Gasteiger partial charge on any atom is -0.420 e. The van der Waals surface area contributed by atoms with Gasteiger partial charge >= 0.3 is 0 Å². The van der Waals surface area contributed by atoms with E-state index in [-0.39, 0.29) is 11.8 Å². The van der Waals surface area contributed by atoms with Crippen LogP contribution in [0.4, 0.5) is 0 Å². The van der Waals surface area contributed by atoms with Crippen molar-refractivity contribution in [3.63, 3.8) is 0 Å². The lowest BCUT2D eigenvalue weighted by atomic mass is 9.84. The van der Waals surface area contributed by atoms with E-state index >= 15 is 0 Å². The molecule has 1 aromatic carbocycles. The van der Waals surface area contributed by atoms with Crippen LogP contribution in [-0.4, -0.2) is 16.5 Å². The van der Waals surface area contributed by atoms with Crippen molar-refractivity contribution in [2.24, 2.45) is 5.73 Å². The zero-order chi connectivity index (χ0) is 15.0. The molecule has 21 heavy (non-hydrogen) atoms. The normalized spacial score (nSPS) is 16.9. The summed E-state index contributed by atoms with van der Waals surface area (Å²) in [6, 6.07) is 9.13. The number of nitrogens with zero attached hydrogens (tertiary/aromatic N) is 2. The maximum absolute atomic E-state index is 10.8. The number of nitriles is 1. The number of allylic oxidation sites excluding steroid dienone is 1. The molecule has 3 rings (SSSR count). The summed E-state index contributed by atoms with van der Waals surface area (Å²) >= 11 is 0. The highest BCUT2D eigenvalue weighted by Crippen LogP contribution is 2.42. The number of hydrogen-bond donors (Lipinski definition) is 2. The minimum atomic E-state index is -0.349. The Labute approximate surface area is 120 Å². The molecule has 0 spiro atoms. The zero-order valence-electron chi connectivity index (χ0n) is 11.3. The van der Waals surface area contributed by atoms with E-state index in [2.05, 4.69) is 16.3 Å². The van der Waals surface area contributed by atoms with E-state index in [4.69, 9.17) is 10.5 Å². The molecule has 2 aromatic rings. The van der Waals surface area contributed by atoms with Crippen molar-refractivity contribution in [2.45, 2.75) is 12.8 Å². The monoisotopic (exact) mass is 280 g/mol. The molecule has 6 nitrogen and oxygen atoms in total. The molecule has 0 saturated heterocycles. The zero-order valence-corrected chi connectivity index (χ0v) is 11.3. The average Bonchev–Trinajstić information content (AvgIpc) is 2.87. The molecular formula is C15H12N4O2. The number of benzene rings is 1. The number of aromatic amines is 1. The van der Waals surface area contributed by atoms with E-state index in [1.54, 1.807) is 24.3 Å². The summed E-state index contributed by atoms with van der Waals surface area (Å²) < 4.78 is 5.39. The molecule has 104 valence electrons. The second-order valence-corrected chi connectivity index (χ2v) is 4.78. The lowest BCUT2D eigenvalue weighted by Crippen LogP contribution is -2.21. The van der Waals surface area contributed by atoms with E-state index in [1.165, 1.54) is 0 Å². The largest absolute Gasteiger partial charge is 0.420 e. The first kappa shape index (κ1) is 12.9. The number of hydrogen-bond acceptors (Lipinski definition) is 5. The van der Waals surface area contributed by atoms with Gasteiger partial charge in [-0.3, -0.25) is 9.89 Å². The summed E-state index contributed by atoms with van der Waals surface area (Å²) in [6.07, 6.45) is 0.775. The van der Waals surface area contributed by atoms with Crippen molar-refractivity contribution in [3.8, 4) is 11.9 Å². The Morgan fingerprint density at radius 1 is 1.43 bits per heavy atom. The third-order valence-electron chi connectivity index (χ3n) is 3.54. The van der Waals surface area contributed by atoms with E-state index in [1.807, 2.05) is 6.92 Å². The molecule has 0 amide bonds. The summed E-state index contributed by atoms with van der Waals surface area (Å²) in [4.78, 5) is 10.8. The van der Waals surface area contributed by atoms with Gasteiger partial charge in [0.15, 0.2) is 0 Å². The highest BCUT2D eigenvalue weighted by Gasteiger charge is 2.33. The Hall–Kier alpha value is -3.07. The number of fused-ring (bicyclic) bond motifs is 1. The predicted octanol–water partition coefficient (Wildman–Crippen LogP) is 1.75. The Kier molecular flexibility index (Phi) is 2.95. The number of aromatic nitrogens is 2. The van der Waals surface area contributed by atoms with Gasteiger partial charge in [-0.25, -0.2) is 0 Å². The standard InChI is InChI=1S/C15H12N4O2/c1-8-12-13(10-4-2-9(7-20)3-5-10)11(6-16)14(17)21-15(12)19-18-8/h2-5,7,13H,17H2,1H3,(H,18,19). The molecule has 0 fully saturated rings. The summed E-state index contributed by atoms with van der Waals surface area (Å²) in [5.41, 5.74) is 9.20. The van der Waals surface area contributed by atoms with Crippen LogP contribution in [0.2, 0.25) is 0 Å². The lowest BCUT2D eigenvalue weighted by Gasteiger charge is -2.23.